The quantitative estimate of drug-likeness (QED) is 0.668. The first-order chi connectivity index (χ1) is 10.7. The number of hydrogen-bond donors (Lipinski definition) is 1. The van der Waals surface area contributed by atoms with E-state index in [1.807, 2.05) is 0 Å². The van der Waals surface area contributed by atoms with Crippen molar-refractivity contribution in [2.75, 3.05) is 11.5 Å². The van der Waals surface area contributed by atoms with E-state index in [9.17, 15) is 26.4 Å². The van der Waals surface area contributed by atoms with Gasteiger partial charge in [0.1, 0.15) is 0 Å². The maximum absolute atomic E-state index is 12.8. The zero-order valence-corrected chi connectivity index (χ0v) is 12.8. The third-order valence-electron chi connectivity index (χ3n) is 3.46. The molecule has 23 heavy (non-hydrogen) atoms. The third-order valence-corrected chi connectivity index (χ3v) is 5.30. The van der Waals surface area contributed by atoms with Gasteiger partial charge in [0, 0.05) is 12.0 Å². The monoisotopic (exact) mass is 348 g/mol. The van der Waals surface area contributed by atoms with Crippen LogP contribution in [-0.2, 0) is 20.8 Å². The van der Waals surface area contributed by atoms with Gasteiger partial charge in [-0.1, -0.05) is 18.2 Å². The molecule has 5 nitrogen and oxygen atoms in total. The Balaban J connectivity index is 1.94. The van der Waals surface area contributed by atoms with Crippen molar-refractivity contribution < 1.29 is 26.4 Å². The Labute approximate surface area is 131 Å². The SMILES string of the molecule is O=C(C[C@@H]1CCS(=O)(=O)C1)N/N=C\c1ccccc1C(F)(F)F. The number of amides is 1. The van der Waals surface area contributed by atoms with Gasteiger partial charge in [0.25, 0.3) is 0 Å². The third kappa shape index (κ3) is 5.05. The largest absolute Gasteiger partial charge is 0.417 e. The number of carbonyl (C=O) groups is 1. The van der Waals surface area contributed by atoms with E-state index in [4.69, 9.17) is 0 Å². The summed E-state index contributed by atoms with van der Waals surface area (Å²) in [6.07, 6.45) is -3.19. The van der Waals surface area contributed by atoms with Crippen molar-refractivity contribution in [3.8, 4) is 0 Å². The summed E-state index contributed by atoms with van der Waals surface area (Å²) in [5, 5.41) is 3.52. The molecule has 1 heterocycles. The highest BCUT2D eigenvalue weighted by Crippen LogP contribution is 2.31. The number of hydrazone groups is 1. The minimum absolute atomic E-state index is 0.0164. The first-order valence-electron chi connectivity index (χ1n) is 6.86. The molecule has 0 aromatic heterocycles. The second kappa shape index (κ2) is 6.69. The molecule has 1 aromatic carbocycles. The lowest BCUT2D eigenvalue weighted by Gasteiger charge is -2.09. The van der Waals surface area contributed by atoms with Crippen LogP contribution in [0.1, 0.15) is 24.0 Å². The molecule has 126 valence electrons. The molecule has 0 bridgehead atoms. The fraction of sp³-hybridized carbons (Fsp3) is 0.429. The summed E-state index contributed by atoms with van der Waals surface area (Å²) in [5.41, 5.74) is 1.12. The highest BCUT2D eigenvalue weighted by Gasteiger charge is 2.32. The number of alkyl halides is 3. The van der Waals surface area contributed by atoms with Crippen molar-refractivity contribution in [1.29, 1.82) is 0 Å². The summed E-state index contributed by atoms with van der Waals surface area (Å²) in [6.45, 7) is 0. The number of nitrogens with zero attached hydrogens (tertiary/aromatic N) is 1. The smallest absolute Gasteiger partial charge is 0.273 e. The van der Waals surface area contributed by atoms with Crippen LogP contribution in [0.5, 0.6) is 0 Å². The van der Waals surface area contributed by atoms with Crippen molar-refractivity contribution in [2.45, 2.75) is 19.0 Å². The highest BCUT2D eigenvalue weighted by molar-refractivity contribution is 7.91. The Hall–Kier alpha value is -1.90. The van der Waals surface area contributed by atoms with Gasteiger partial charge in [0.05, 0.1) is 23.3 Å². The molecule has 1 aliphatic rings. The molecule has 1 N–H and O–H groups in total. The van der Waals surface area contributed by atoms with E-state index in [1.165, 1.54) is 18.2 Å². The summed E-state index contributed by atoms with van der Waals surface area (Å²) in [6, 6.07) is 4.86. The molecule has 1 aliphatic heterocycles. The van der Waals surface area contributed by atoms with Gasteiger partial charge in [-0.05, 0) is 18.4 Å². The fourth-order valence-electron chi connectivity index (χ4n) is 2.38. The maximum atomic E-state index is 12.8. The Bertz CT molecular complexity index is 714. The molecule has 1 saturated heterocycles. The number of sulfone groups is 1. The van der Waals surface area contributed by atoms with Crippen LogP contribution in [0.2, 0.25) is 0 Å². The number of benzene rings is 1. The van der Waals surface area contributed by atoms with E-state index in [0.717, 1.165) is 12.3 Å². The standard InChI is InChI=1S/C14H15F3N2O3S/c15-14(16,17)12-4-2-1-3-11(12)8-18-19-13(20)7-10-5-6-23(21,22)9-10/h1-4,8,10H,5-7,9H2,(H,19,20)/b18-8-/t10-/m0/s1. The first-order valence-corrected chi connectivity index (χ1v) is 8.68. The van der Waals surface area contributed by atoms with Crippen molar-refractivity contribution >= 4 is 22.0 Å². The number of halogens is 3. The van der Waals surface area contributed by atoms with Gasteiger partial charge >= 0.3 is 6.18 Å². The second-order valence-corrected chi connectivity index (χ2v) is 7.58. The average Bonchev–Trinajstić information content (AvgIpc) is 2.77. The van der Waals surface area contributed by atoms with Gasteiger partial charge in [0.15, 0.2) is 9.84 Å². The molecule has 1 fully saturated rings. The van der Waals surface area contributed by atoms with Crippen LogP contribution in [-0.4, -0.2) is 32.0 Å². The van der Waals surface area contributed by atoms with Crippen LogP contribution >= 0.6 is 0 Å². The van der Waals surface area contributed by atoms with Crippen molar-refractivity contribution in [3.05, 3.63) is 35.4 Å². The topological polar surface area (TPSA) is 75.6 Å². The lowest BCUT2D eigenvalue weighted by molar-refractivity contribution is -0.137. The molecule has 1 aromatic rings. The summed E-state index contributed by atoms with van der Waals surface area (Å²) in [4.78, 5) is 11.6. The van der Waals surface area contributed by atoms with Crippen LogP contribution in [0.25, 0.3) is 0 Å². The predicted octanol–water partition coefficient (Wildman–Crippen LogP) is 1.98. The van der Waals surface area contributed by atoms with E-state index in [-0.39, 0.29) is 29.4 Å². The van der Waals surface area contributed by atoms with Gasteiger partial charge in [-0.25, -0.2) is 13.8 Å². The highest BCUT2D eigenvalue weighted by atomic mass is 32.2. The molecule has 2 rings (SSSR count). The molecule has 9 heteroatoms. The van der Waals surface area contributed by atoms with E-state index in [2.05, 4.69) is 10.5 Å². The first kappa shape index (κ1) is 17.5. The number of carbonyl (C=O) groups excluding carboxylic acids is 1. The molecule has 1 atom stereocenters. The molecular weight excluding hydrogens is 333 g/mol. The van der Waals surface area contributed by atoms with E-state index in [0.29, 0.717) is 6.42 Å². The van der Waals surface area contributed by atoms with Crippen molar-refractivity contribution in [3.63, 3.8) is 0 Å². The van der Waals surface area contributed by atoms with Gasteiger partial charge in [0.2, 0.25) is 5.91 Å². The van der Waals surface area contributed by atoms with Gasteiger partial charge in [-0.2, -0.15) is 18.3 Å². The summed E-state index contributed by atoms with van der Waals surface area (Å²) >= 11 is 0. The minimum Gasteiger partial charge on any atom is -0.273 e. The summed E-state index contributed by atoms with van der Waals surface area (Å²) in [7, 11) is -3.07. The lowest BCUT2D eigenvalue weighted by atomic mass is 10.1. The van der Waals surface area contributed by atoms with E-state index < -0.39 is 27.5 Å². The van der Waals surface area contributed by atoms with Gasteiger partial charge in [-0.15, -0.1) is 0 Å². The molecule has 0 unspecified atom stereocenters. The van der Waals surface area contributed by atoms with Crippen molar-refractivity contribution in [1.82, 2.24) is 5.43 Å². The average molecular weight is 348 g/mol. The summed E-state index contributed by atoms with van der Waals surface area (Å²) < 4.78 is 60.9. The van der Waals surface area contributed by atoms with Gasteiger partial charge in [-0.3, -0.25) is 4.79 Å². The lowest BCUT2D eigenvalue weighted by Crippen LogP contribution is -2.21. The normalized spacial score (nSPS) is 20.7. The maximum Gasteiger partial charge on any atom is 0.417 e. The number of hydrogen-bond acceptors (Lipinski definition) is 4. The van der Waals surface area contributed by atoms with E-state index >= 15 is 0 Å². The van der Waals surface area contributed by atoms with Crippen LogP contribution < -0.4 is 5.43 Å². The van der Waals surface area contributed by atoms with Crippen LogP contribution in [0.4, 0.5) is 13.2 Å². The van der Waals surface area contributed by atoms with Crippen LogP contribution in [0.15, 0.2) is 29.4 Å². The van der Waals surface area contributed by atoms with Crippen LogP contribution in [0.3, 0.4) is 0 Å². The molecular formula is C14H15F3N2O3S. The Morgan fingerprint density at radius 2 is 2.04 bits per heavy atom. The zero-order chi connectivity index (χ0) is 17.1. The van der Waals surface area contributed by atoms with Gasteiger partial charge < -0.3 is 0 Å². The minimum atomic E-state index is -4.51. The Morgan fingerprint density at radius 3 is 2.65 bits per heavy atom. The molecule has 0 radical (unpaired) electrons. The Morgan fingerprint density at radius 1 is 1.35 bits per heavy atom. The van der Waals surface area contributed by atoms with E-state index in [1.54, 1.807) is 0 Å². The molecule has 0 spiro atoms. The number of rotatable bonds is 4. The number of nitrogens with one attached hydrogen (secondary N) is 1. The Kier molecular flexibility index (Phi) is 5.08. The molecule has 0 saturated carbocycles. The summed E-state index contributed by atoms with van der Waals surface area (Å²) in [5.74, 6) is -0.765. The predicted molar refractivity (Wildman–Crippen MR) is 78.6 cm³/mol. The fourth-order valence-corrected chi connectivity index (χ4v) is 4.24. The zero-order valence-electron chi connectivity index (χ0n) is 12.0. The van der Waals surface area contributed by atoms with Crippen molar-refractivity contribution in [2.24, 2.45) is 11.0 Å². The molecule has 1 amide bonds. The molecule has 0 aliphatic carbocycles. The second-order valence-electron chi connectivity index (χ2n) is 5.35. The van der Waals surface area contributed by atoms with Crippen LogP contribution in [0, 0.1) is 5.92 Å².